The van der Waals surface area contributed by atoms with Crippen molar-refractivity contribution in [3.05, 3.63) is 35.4 Å². The monoisotopic (exact) mass is 171 g/mol. The summed E-state index contributed by atoms with van der Waals surface area (Å²) in [6.07, 6.45) is -2.49. The second-order valence-corrected chi connectivity index (χ2v) is 2.57. The Balaban J connectivity index is 2.82. The molecule has 0 fully saturated rings. The first-order valence-corrected chi connectivity index (χ1v) is 3.79. The van der Waals surface area contributed by atoms with E-state index in [1.807, 2.05) is 0 Å². The lowest BCUT2D eigenvalue weighted by Gasteiger charge is -2.05. The van der Waals surface area contributed by atoms with E-state index in [2.05, 4.69) is 0 Å². The van der Waals surface area contributed by atoms with Crippen molar-refractivity contribution in [1.82, 2.24) is 0 Å². The van der Waals surface area contributed by atoms with Crippen LogP contribution < -0.4 is 5.73 Å². The molecule has 0 amide bonds. The molecular formula is C9H11F2N. The highest BCUT2D eigenvalue weighted by Crippen LogP contribution is 2.12. The molecule has 0 saturated carbocycles. The molecule has 0 radical (unpaired) electrons. The Hall–Kier alpha value is -0.960. The average molecular weight is 171 g/mol. The Morgan fingerprint density at radius 3 is 2.25 bits per heavy atom. The van der Waals surface area contributed by atoms with Crippen molar-refractivity contribution in [3.63, 3.8) is 0 Å². The molecule has 0 aliphatic heterocycles. The van der Waals surface area contributed by atoms with Gasteiger partial charge in [0.2, 0.25) is 6.43 Å². The van der Waals surface area contributed by atoms with Crippen LogP contribution in [0.2, 0.25) is 0 Å². The van der Waals surface area contributed by atoms with E-state index < -0.39 is 6.43 Å². The summed E-state index contributed by atoms with van der Waals surface area (Å²) in [5.41, 5.74) is 6.83. The standard InChI is InChI=1S/C9H11F2N/c10-9(11)5-7-3-1-2-4-8(7)6-12/h1-4,9H,5-6,12H2. The summed E-state index contributed by atoms with van der Waals surface area (Å²) in [5.74, 6) is 0. The molecule has 66 valence electrons. The van der Waals surface area contributed by atoms with Crippen molar-refractivity contribution >= 4 is 0 Å². The molecule has 0 heterocycles. The van der Waals surface area contributed by atoms with Gasteiger partial charge < -0.3 is 5.73 Å². The summed E-state index contributed by atoms with van der Waals surface area (Å²) in [4.78, 5) is 0. The van der Waals surface area contributed by atoms with Gasteiger partial charge in [-0.05, 0) is 11.1 Å². The smallest absolute Gasteiger partial charge is 0.242 e. The zero-order valence-corrected chi connectivity index (χ0v) is 6.63. The van der Waals surface area contributed by atoms with Crippen molar-refractivity contribution in [2.24, 2.45) is 5.73 Å². The highest BCUT2D eigenvalue weighted by Gasteiger charge is 2.06. The Bertz CT molecular complexity index is 248. The molecule has 0 aliphatic rings. The van der Waals surface area contributed by atoms with E-state index in [9.17, 15) is 8.78 Å². The molecule has 2 N–H and O–H groups in total. The van der Waals surface area contributed by atoms with E-state index in [1.165, 1.54) is 0 Å². The summed E-state index contributed by atoms with van der Waals surface area (Å²) in [6.45, 7) is 0.322. The van der Waals surface area contributed by atoms with Gasteiger partial charge in [-0.15, -0.1) is 0 Å². The van der Waals surface area contributed by atoms with Crippen molar-refractivity contribution in [3.8, 4) is 0 Å². The van der Waals surface area contributed by atoms with Crippen LogP contribution in [-0.2, 0) is 13.0 Å². The lowest BCUT2D eigenvalue weighted by molar-refractivity contribution is 0.149. The molecule has 0 spiro atoms. The van der Waals surface area contributed by atoms with Crippen LogP contribution in [0.4, 0.5) is 8.78 Å². The van der Waals surface area contributed by atoms with Crippen molar-refractivity contribution in [2.45, 2.75) is 19.4 Å². The number of alkyl halides is 2. The molecule has 0 saturated heterocycles. The Labute approximate surface area is 70.2 Å². The lowest BCUT2D eigenvalue weighted by atomic mass is 10.1. The number of benzene rings is 1. The number of rotatable bonds is 3. The fraction of sp³-hybridized carbons (Fsp3) is 0.333. The van der Waals surface area contributed by atoms with E-state index >= 15 is 0 Å². The van der Waals surface area contributed by atoms with Crippen LogP contribution in [0.1, 0.15) is 11.1 Å². The minimum absolute atomic E-state index is 0.201. The molecule has 1 rings (SSSR count). The molecule has 0 aromatic heterocycles. The van der Waals surface area contributed by atoms with Gasteiger partial charge in [0.25, 0.3) is 0 Å². The Morgan fingerprint density at radius 1 is 1.17 bits per heavy atom. The number of halogens is 2. The summed E-state index contributed by atoms with van der Waals surface area (Å²) in [7, 11) is 0. The SMILES string of the molecule is NCc1ccccc1CC(F)F. The minimum atomic E-state index is -2.29. The highest BCUT2D eigenvalue weighted by atomic mass is 19.3. The summed E-state index contributed by atoms with van der Waals surface area (Å²) >= 11 is 0. The molecule has 3 heteroatoms. The highest BCUT2D eigenvalue weighted by molar-refractivity contribution is 5.27. The summed E-state index contributed by atoms with van der Waals surface area (Å²) < 4.78 is 24.0. The van der Waals surface area contributed by atoms with Crippen LogP contribution >= 0.6 is 0 Å². The van der Waals surface area contributed by atoms with E-state index in [0.29, 0.717) is 12.1 Å². The largest absolute Gasteiger partial charge is 0.326 e. The molecule has 12 heavy (non-hydrogen) atoms. The summed E-state index contributed by atoms with van der Waals surface area (Å²) in [6, 6.07) is 7.01. The van der Waals surface area contributed by atoms with Crippen LogP contribution in [0.3, 0.4) is 0 Å². The zero-order chi connectivity index (χ0) is 8.97. The van der Waals surface area contributed by atoms with Gasteiger partial charge in [0, 0.05) is 13.0 Å². The second kappa shape index (κ2) is 4.16. The van der Waals surface area contributed by atoms with Crippen molar-refractivity contribution < 1.29 is 8.78 Å². The maximum absolute atomic E-state index is 12.0. The molecule has 1 aromatic carbocycles. The molecule has 1 nitrogen and oxygen atoms in total. The van der Waals surface area contributed by atoms with Gasteiger partial charge in [0.05, 0.1) is 0 Å². The minimum Gasteiger partial charge on any atom is -0.326 e. The van der Waals surface area contributed by atoms with E-state index in [0.717, 1.165) is 5.56 Å². The topological polar surface area (TPSA) is 26.0 Å². The van der Waals surface area contributed by atoms with Crippen LogP contribution in [0, 0.1) is 0 Å². The molecule has 0 aliphatic carbocycles. The lowest BCUT2D eigenvalue weighted by Crippen LogP contribution is -2.04. The predicted molar refractivity (Wildman–Crippen MR) is 44.0 cm³/mol. The van der Waals surface area contributed by atoms with Gasteiger partial charge in [-0.25, -0.2) is 8.78 Å². The summed E-state index contributed by atoms with van der Waals surface area (Å²) in [5, 5.41) is 0. The van der Waals surface area contributed by atoms with Gasteiger partial charge in [0.15, 0.2) is 0 Å². The number of hydrogen-bond donors (Lipinski definition) is 1. The maximum Gasteiger partial charge on any atom is 0.242 e. The zero-order valence-electron chi connectivity index (χ0n) is 6.63. The second-order valence-electron chi connectivity index (χ2n) is 2.57. The van der Waals surface area contributed by atoms with E-state index in [4.69, 9.17) is 5.73 Å². The van der Waals surface area contributed by atoms with Gasteiger partial charge >= 0.3 is 0 Å². The van der Waals surface area contributed by atoms with Gasteiger partial charge in [-0.2, -0.15) is 0 Å². The molecule has 0 atom stereocenters. The quantitative estimate of drug-likeness (QED) is 0.739. The molecule has 0 bridgehead atoms. The molecule has 0 unspecified atom stereocenters. The first-order valence-electron chi connectivity index (χ1n) is 3.79. The van der Waals surface area contributed by atoms with E-state index in [1.54, 1.807) is 24.3 Å². The van der Waals surface area contributed by atoms with E-state index in [-0.39, 0.29) is 6.42 Å². The third-order valence-corrected chi connectivity index (χ3v) is 1.71. The molecular weight excluding hydrogens is 160 g/mol. The van der Waals surface area contributed by atoms with Gasteiger partial charge in [0.1, 0.15) is 0 Å². The van der Waals surface area contributed by atoms with Crippen molar-refractivity contribution in [2.75, 3.05) is 0 Å². The van der Waals surface area contributed by atoms with Crippen molar-refractivity contribution in [1.29, 1.82) is 0 Å². The van der Waals surface area contributed by atoms with Crippen LogP contribution in [-0.4, -0.2) is 6.43 Å². The normalized spacial score (nSPS) is 10.7. The maximum atomic E-state index is 12.0. The number of nitrogens with two attached hydrogens (primary N) is 1. The average Bonchev–Trinajstić information content (AvgIpc) is 2.04. The van der Waals surface area contributed by atoms with Gasteiger partial charge in [-0.3, -0.25) is 0 Å². The fourth-order valence-corrected chi connectivity index (χ4v) is 1.12. The first-order chi connectivity index (χ1) is 5.74. The van der Waals surface area contributed by atoms with Crippen LogP contribution in [0.25, 0.3) is 0 Å². The Morgan fingerprint density at radius 2 is 1.75 bits per heavy atom. The predicted octanol–water partition coefficient (Wildman–Crippen LogP) is 1.95. The third-order valence-electron chi connectivity index (χ3n) is 1.71. The first kappa shape index (κ1) is 9.13. The third kappa shape index (κ3) is 2.27. The van der Waals surface area contributed by atoms with Crippen LogP contribution in [0.5, 0.6) is 0 Å². The Kier molecular flexibility index (Phi) is 3.17. The molecule has 1 aromatic rings. The number of hydrogen-bond acceptors (Lipinski definition) is 1. The van der Waals surface area contributed by atoms with Crippen LogP contribution in [0.15, 0.2) is 24.3 Å². The van der Waals surface area contributed by atoms with Gasteiger partial charge in [-0.1, -0.05) is 24.3 Å². The fourth-order valence-electron chi connectivity index (χ4n) is 1.12.